The van der Waals surface area contributed by atoms with Crippen LogP contribution in [0.4, 0.5) is 5.69 Å². The first-order valence-corrected chi connectivity index (χ1v) is 13.3. The molecule has 0 bridgehead atoms. The summed E-state index contributed by atoms with van der Waals surface area (Å²) < 4.78 is 0. The summed E-state index contributed by atoms with van der Waals surface area (Å²) in [6.07, 6.45) is 6.70. The first-order chi connectivity index (χ1) is 16.8. The molecule has 2 aromatic rings. The topological polar surface area (TPSA) is 38.7 Å². The number of piperidine rings is 1. The van der Waals surface area contributed by atoms with Crippen LogP contribution < -0.4 is 10.2 Å². The van der Waals surface area contributed by atoms with Crippen molar-refractivity contribution in [2.24, 2.45) is 11.3 Å². The highest BCUT2D eigenvalue weighted by atomic mass is 16.3. The van der Waals surface area contributed by atoms with Crippen LogP contribution in [-0.2, 0) is 5.60 Å². The molecule has 186 valence electrons. The second-order valence-electron chi connectivity index (χ2n) is 11.5. The zero-order valence-electron chi connectivity index (χ0n) is 21.8. The predicted molar refractivity (Wildman–Crippen MR) is 146 cm³/mol. The van der Waals surface area contributed by atoms with Gasteiger partial charge in [0.05, 0.1) is 0 Å². The number of anilines is 1. The number of aliphatic hydroxyl groups is 1. The van der Waals surface area contributed by atoms with Crippen molar-refractivity contribution in [2.75, 3.05) is 44.7 Å². The Balaban J connectivity index is 1.41. The van der Waals surface area contributed by atoms with Gasteiger partial charge in [-0.05, 0) is 60.6 Å². The van der Waals surface area contributed by atoms with E-state index in [1.807, 2.05) is 0 Å². The molecule has 2 aromatic carbocycles. The maximum Gasteiger partial charge on any atom is 0.124 e. The van der Waals surface area contributed by atoms with Crippen molar-refractivity contribution < 1.29 is 5.11 Å². The summed E-state index contributed by atoms with van der Waals surface area (Å²) in [4.78, 5) is 4.80. The van der Waals surface area contributed by atoms with Crippen molar-refractivity contribution in [3.63, 3.8) is 0 Å². The fraction of sp³-hybridized carbons (Fsp3) is 0.484. The molecule has 3 heterocycles. The first-order valence-electron chi connectivity index (χ1n) is 13.3. The van der Waals surface area contributed by atoms with Crippen LogP contribution in [0, 0.1) is 11.3 Å². The molecular formula is C31H41N3O. The van der Waals surface area contributed by atoms with Gasteiger partial charge in [0, 0.05) is 55.6 Å². The van der Waals surface area contributed by atoms with E-state index in [2.05, 4.69) is 110 Å². The molecule has 0 amide bonds. The Labute approximate surface area is 211 Å². The van der Waals surface area contributed by atoms with E-state index in [1.54, 1.807) is 0 Å². The molecule has 0 aliphatic carbocycles. The fourth-order valence-corrected chi connectivity index (χ4v) is 6.54. The summed E-state index contributed by atoms with van der Waals surface area (Å²) >= 11 is 0. The molecule has 0 aromatic heterocycles. The third kappa shape index (κ3) is 4.43. The van der Waals surface area contributed by atoms with Crippen LogP contribution >= 0.6 is 0 Å². The minimum Gasteiger partial charge on any atom is -0.387 e. The van der Waals surface area contributed by atoms with E-state index in [9.17, 15) is 5.11 Å². The monoisotopic (exact) mass is 471 g/mol. The van der Waals surface area contributed by atoms with E-state index < -0.39 is 5.60 Å². The molecule has 4 heteroatoms. The first kappa shape index (κ1) is 24.1. The summed E-state index contributed by atoms with van der Waals surface area (Å²) in [5, 5.41) is 16.1. The number of likely N-dealkylation sites (tertiary alicyclic amines) is 1. The van der Waals surface area contributed by atoms with Gasteiger partial charge in [-0.2, -0.15) is 0 Å². The van der Waals surface area contributed by atoms with E-state index in [0.29, 0.717) is 11.8 Å². The van der Waals surface area contributed by atoms with Crippen LogP contribution in [0.1, 0.15) is 50.7 Å². The van der Waals surface area contributed by atoms with Gasteiger partial charge in [-0.3, -0.25) is 0 Å². The Hall–Kier alpha value is -2.56. The Morgan fingerprint density at radius 2 is 1.66 bits per heavy atom. The Bertz CT molecular complexity index is 1070. The van der Waals surface area contributed by atoms with Crippen molar-refractivity contribution >= 4 is 5.69 Å². The third-order valence-corrected chi connectivity index (χ3v) is 8.57. The summed E-state index contributed by atoms with van der Waals surface area (Å²) in [5.74, 6) is 1.03. The molecule has 2 saturated heterocycles. The molecule has 0 saturated carbocycles. The molecule has 4 nitrogen and oxygen atoms in total. The number of dihydropyridines is 1. The lowest BCUT2D eigenvalue weighted by Crippen LogP contribution is -2.64. The highest BCUT2D eigenvalue weighted by Gasteiger charge is 2.56. The largest absolute Gasteiger partial charge is 0.387 e. The summed E-state index contributed by atoms with van der Waals surface area (Å²) in [7, 11) is 2.14. The van der Waals surface area contributed by atoms with Gasteiger partial charge in [-0.25, -0.2) is 0 Å². The molecule has 2 N–H and O–H groups in total. The SMILES string of the molecule is CC(C)c1ccc(C(O)(C2=CNCC(C3CCN(c4ccccc4)CC3)=C2)C2(C)CN(C)C2)cc1. The normalized spacial score (nSPS) is 22.6. The number of hydrogen-bond acceptors (Lipinski definition) is 4. The van der Waals surface area contributed by atoms with Crippen LogP contribution in [0.2, 0.25) is 0 Å². The summed E-state index contributed by atoms with van der Waals surface area (Å²) in [6, 6.07) is 19.4. The average molecular weight is 472 g/mol. The molecule has 1 atom stereocenters. The zero-order chi connectivity index (χ0) is 24.6. The highest BCUT2D eigenvalue weighted by molar-refractivity contribution is 5.48. The number of nitrogens with one attached hydrogen (secondary N) is 1. The van der Waals surface area contributed by atoms with Crippen molar-refractivity contribution in [3.05, 3.63) is 89.1 Å². The van der Waals surface area contributed by atoms with E-state index in [1.165, 1.54) is 16.8 Å². The van der Waals surface area contributed by atoms with Crippen LogP contribution in [0.25, 0.3) is 0 Å². The van der Waals surface area contributed by atoms with Crippen molar-refractivity contribution in [1.82, 2.24) is 10.2 Å². The summed E-state index contributed by atoms with van der Waals surface area (Å²) in [6.45, 7) is 11.5. The lowest BCUT2D eigenvalue weighted by Gasteiger charge is -2.56. The molecule has 1 unspecified atom stereocenters. The second-order valence-corrected chi connectivity index (χ2v) is 11.5. The average Bonchev–Trinajstić information content (AvgIpc) is 2.88. The van der Waals surface area contributed by atoms with Crippen molar-refractivity contribution in [3.8, 4) is 0 Å². The molecule has 0 spiro atoms. The van der Waals surface area contributed by atoms with Crippen LogP contribution in [-0.4, -0.2) is 49.8 Å². The number of nitrogens with zero attached hydrogens (tertiary/aromatic N) is 2. The van der Waals surface area contributed by atoms with Gasteiger partial charge >= 0.3 is 0 Å². The van der Waals surface area contributed by atoms with Gasteiger partial charge in [0.25, 0.3) is 0 Å². The molecule has 35 heavy (non-hydrogen) atoms. The van der Waals surface area contributed by atoms with Gasteiger partial charge in [0.2, 0.25) is 0 Å². The molecular weight excluding hydrogens is 430 g/mol. The fourth-order valence-electron chi connectivity index (χ4n) is 6.54. The molecule has 5 rings (SSSR count). The number of benzene rings is 2. The Kier molecular flexibility index (Phi) is 6.54. The predicted octanol–water partition coefficient (Wildman–Crippen LogP) is 5.28. The standard InChI is InChI=1S/C31H41N3O/c1-23(2)24-10-12-27(13-11-24)31(35,30(3)21-33(4)22-30)28-18-26(19-32-20-28)25-14-16-34(17-15-25)29-8-6-5-7-9-29/h5-13,18,20,23,25,32,35H,14-17,19,21-22H2,1-4H3. The van der Waals surface area contributed by atoms with Gasteiger partial charge in [-0.15, -0.1) is 0 Å². The van der Waals surface area contributed by atoms with E-state index in [0.717, 1.165) is 56.7 Å². The second kappa shape index (κ2) is 9.48. The minimum absolute atomic E-state index is 0.232. The van der Waals surface area contributed by atoms with Gasteiger partial charge in [-0.1, -0.05) is 69.3 Å². The van der Waals surface area contributed by atoms with Crippen molar-refractivity contribution in [1.29, 1.82) is 0 Å². The number of rotatable bonds is 6. The Morgan fingerprint density at radius 1 is 1.00 bits per heavy atom. The van der Waals surface area contributed by atoms with Crippen LogP contribution in [0.3, 0.4) is 0 Å². The maximum absolute atomic E-state index is 12.6. The highest BCUT2D eigenvalue weighted by Crippen LogP contribution is 2.51. The van der Waals surface area contributed by atoms with E-state index in [-0.39, 0.29) is 5.41 Å². The zero-order valence-corrected chi connectivity index (χ0v) is 21.8. The van der Waals surface area contributed by atoms with E-state index in [4.69, 9.17) is 0 Å². The quantitative estimate of drug-likeness (QED) is 0.601. The Morgan fingerprint density at radius 3 is 2.26 bits per heavy atom. The minimum atomic E-state index is -1.03. The van der Waals surface area contributed by atoms with Gasteiger partial charge in [0.1, 0.15) is 5.60 Å². The smallest absolute Gasteiger partial charge is 0.124 e. The van der Waals surface area contributed by atoms with Gasteiger partial charge < -0.3 is 20.2 Å². The third-order valence-electron chi connectivity index (χ3n) is 8.57. The number of hydrogen-bond donors (Lipinski definition) is 2. The van der Waals surface area contributed by atoms with Crippen molar-refractivity contribution in [2.45, 2.75) is 45.1 Å². The summed E-state index contributed by atoms with van der Waals surface area (Å²) in [5.41, 5.74) is 4.82. The maximum atomic E-state index is 12.6. The van der Waals surface area contributed by atoms with Gasteiger partial charge in [0.15, 0.2) is 0 Å². The molecule has 3 aliphatic rings. The lowest BCUT2D eigenvalue weighted by atomic mass is 9.61. The lowest BCUT2D eigenvalue weighted by molar-refractivity contribution is -0.128. The molecule has 0 radical (unpaired) electrons. The van der Waals surface area contributed by atoms with Crippen LogP contribution in [0.15, 0.2) is 78.0 Å². The van der Waals surface area contributed by atoms with E-state index >= 15 is 0 Å². The van der Waals surface area contributed by atoms with Crippen LogP contribution in [0.5, 0.6) is 0 Å². The molecule has 2 fully saturated rings. The molecule has 3 aliphatic heterocycles. The number of para-hydroxylation sites is 1.